The minimum atomic E-state index is -1.04. The molecule has 0 radical (unpaired) electrons. The number of allylic oxidation sites excluding steroid dienone is 1. The number of nitrogens with zero attached hydrogens (tertiary/aromatic N) is 3. The van der Waals surface area contributed by atoms with Crippen molar-refractivity contribution in [1.29, 1.82) is 0 Å². The van der Waals surface area contributed by atoms with E-state index in [1.54, 1.807) is 18.3 Å². The van der Waals surface area contributed by atoms with Gasteiger partial charge in [-0.15, -0.1) is 0 Å². The lowest BCUT2D eigenvalue weighted by Gasteiger charge is -2.34. The fourth-order valence-electron chi connectivity index (χ4n) is 7.20. The van der Waals surface area contributed by atoms with Gasteiger partial charge >= 0.3 is 0 Å². The van der Waals surface area contributed by atoms with Gasteiger partial charge in [0.25, 0.3) is 11.8 Å². The van der Waals surface area contributed by atoms with E-state index in [1.807, 2.05) is 30.3 Å². The zero-order valence-electron chi connectivity index (χ0n) is 31.0. The van der Waals surface area contributed by atoms with Crippen LogP contribution in [-0.2, 0) is 33.4 Å². The first-order chi connectivity index (χ1) is 26.8. The summed E-state index contributed by atoms with van der Waals surface area (Å²) in [5.74, 6) is -2.28. The van der Waals surface area contributed by atoms with Crippen molar-refractivity contribution in [2.45, 2.75) is 37.6 Å². The third kappa shape index (κ3) is 10.5. The van der Waals surface area contributed by atoms with Crippen LogP contribution in [0.2, 0.25) is 0 Å². The van der Waals surface area contributed by atoms with E-state index >= 15 is 0 Å². The fourth-order valence-corrected chi connectivity index (χ4v) is 7.20. The topological polar surface area (TPSA) is 173 Å². The van der Waals surface area contributed by atoms with Gasteiger partial charge in [0.1, 0.15) is 18.4 Å². The third-order valence-electron chi connectivity index (χ3n) is 10.2. The molecule has 2 aromatic rings. The minimum Gasteiger partial charge on any atom is -0.490 e. The number of carbonyl (C=O) groups excluding carboxylic acids is 6. The second-order valence-electron chi connectivity index (χ2n) is 13.9. The summed E-state index contributed by atoms with van der Waals surface area (Å²) in [6.45, 7) is 8.77. The summed E-state index contributed by atoms with van der Waals surface area (Å²) < 4.78 is 22.7. The van der Waals surface area contributed by atoms with Crippen molar-refractivity contribution < 1.29 is 47.7 Å². The first-order valence-electron chi connectivity index (χ1n) is 19.0. The van der Waals surface area contributed by atoms with E-state index in [-0.39, 0.29) is 66.0 Å². The number of hydrogen-bond donors (Lipinski definition) is 2. The van der Waals surface area contributed by atoms with Gasteiger partial charge < -0.3 is 24.3 Å². The van der Waals surface area contributed by atoms with Crippen molar-refractivity contribution in [3.05, 3.63) is 77.0 Å². The standard InChI is InChI=1S/C40H49N5O10/c46-33-25-29(28-5-2-1-3-6-28)26-34(47)31(33)27-41-11-12-43-13-15-44(16-14-43)17-18-52-19-20-53-21-22-54-23-24-55-35-8-4-7-30-37(35)40(51)45(39(30)50)32-9-10-36(48)42-38(32)49/h1-8,27,29,32,41H,9-26H2,(H,42,48,49). The van der Waals surface area contributed by atoms with Crippen molar-refractivity contribution in [1.82, 2.24) is 25.3 Å². The van der Waals surface area contributed by atoms with Gasteiger partial charge in [-0.3, -0.25) is 48.8 Å². The van der Waals surface area contributed by atoms with E-state index in [9.17, 15) is 28.8 Å². The summed E-state index contributed by atoms with van der Waals surface area (Å²) in [7, 11) is 0. The van der Waals surface area contributed by atoms with E-state index in [0.717, 1.165) is 49.7 Å². The monoisotopic (exact) mass is 759 g/mol. The van der Waals surface area contributed by atoms with Crippen molar-refractivity contribution in [2.24, 2.45) is 0 Å². The largest absolute Gasteiger partial charge is 0.490 e. The average molecular weight is 760 g/mol. The second kappa shape index (κ2) is 19.7. The highest BCUT2D eigenvalue weighted by Gasteiger charge is 2.46. The first-order valence-corrected chi connectivity index (χ1v) is 19.0. The quantitative estimate of drug-likeness (QED) is 0.0911. The third-order valence-corrected chi connectivity index (χ3v) is 10.2. The number of nitrogens with one attached hydrogen (secondary N) is 2. The summed E-state index contributed by atoms with van der Waals surface area (Å²) in [6.07, 6.45) is 2.48. The molecule has 15 heteroatoms. The molecule has 2 saturated heterocycles. The van der Waals surface area contributed by atoms with Crippen LogP contribution in [0.15, 0.2) is 60.3 Å². The Morgan fingerprint density at radius 3 is 2.02 bits per heavy atom. The van der Waals surface area contributed by atoms with Gasteiger partial charge in [-0.1, -0.05) is 36.4 Å². The second-order valence-corrected chi connectivity index (χ2v) is 13.9. The van der Waals surface area contributed by atoms with Crippen LogP contribution in [0.5, 0.6) is 5.75 Å². The molecule has 294 valence electrons. The Morgan fingerprint density at radius 2 is 1.35 bits per heavy atom. The van der Waals surface area contributed by atoms with Gasteiger partial charge in [0.2, 0.25) is 11.8 Å². The van der Waals surface area contributed by atoms with Crippen molar-refractivity contribution in [2.75, 3.05) is 92.1 Å². The van der Waals surface area contributed by atoms with Crippen LogP contribution in [0, 0.1) is 0 Å². The lowest BCUT2D eigenvalue weighted by atomic mass is 9.80. The maximum atomic E-state index is 13.2. The molecule has 55 heavy (non-hydrogen) atoms. The zero-order chi connectivity index (χ0) is 38.6. The Bertz CT molecular complexity index is 1720. The fraction of sp³-hybridized carbons (Fsp3) is 0.500. The van der Waals surface area contributed by atoms with E-state index < -0.39 is 29.7 Å². The van der Waals surface area contributed by atoms with Crippen molar-refractivity contribution in [3.8, 4) is 5.75 Å². The van der Waals surface area contributed by atoms with Gasteiger partial charge in [0.05, 0.1) is 56.3 Å². The van der Waals surface area contributed by atoms with Crippen LogP contribution in [0.4, 0.5) is 0 Å². The number of Topliss-reactive ketones (excluding diaryl/α,β-unsaturated/α-hetero) is 2. The molecule has 15 nitrogen and oxygen atoms in total. The predicted molar refractivity (Wildman–Crippen MR) is 198 cm³/mol. The number of piperazine rings is 1. The lowest BCUT2D eigenvalue weighted by molar-refractivity contribution is -0.136. The van der Waals surface area contributed by atoms with Crippen molar-refractivity contribution >= 4 is 35.2 Å². The number of piperidine rings is 1. The Balaban J connectivity index is 0.755. The molecule has 1 atom stereocenters. The molecule has 1 unspecified atom stereocenters. The molecular weight excluding hydrogens is 710 g/mol. The Labute approximate surface area is 320 Å². The first kappa shape index (κ1) is 39.9. The number of rotatable bonds is 19. The van der Waals surface area contributed by atoms with Crippen LogP contribution in [0.3, 0.4) is 0 Å². The Morgan fingerprint density at radius 1 is 0.709 bits per heavy atom. The van der Waals surface area contributed by atoms with Gasteiger partial charge in [-0.2, -0.15) is 0 Å². The molecule has 2 N–H and O–H groups in total. The molecule has 1 aliphatic carbocycles. The van der Waals surface area contributed by atoms with Gasteiger partial charge in [0, 0.05) is 71.3 Å². The normalized spacial score (nSPS) is 20.9. The number of benzene rings is 2. The van der Waals surface area contributed by atoms with Crippen LogP contribution in [0.25, 0.3) is 0 Å². The molecule has 0 aromatic heterocycles. The van der Waals surface area contributed by atoms with E-state index in [2.05, 4.69) is 20.4 Å². The number of ketones is 2. The van der Waals surface area contributed by atoms with Gasteiger partial charge in [-0.25, -0.2) is 0 Å². The van der Waals surface area contributed by atoms with Gasteiger partial charge in [-0.05, 0) is 30.0 Å². The maximum absolute atomic E-state index is 13.2. The summed E-state index contributed by atoms with van der Waals surface area (Å²) in [6, 6.07) is 13.4. The summed E-state index contributed by atoms with van der Waals surface area (Å²) >= 11 is 0. The SMILES string of the molecule is O=C1CCC(N2C(=O)c3cccc(OCCOCCOCCOCCN4CCN(CCNC=C5C(=O)CC(c6ccccc6)CC5=O)CC4)c3C2=O)C(=O)N1. The summed E-state index contributed by atoms with van der Waals surface area (Å²) in [4.78, 5) is 80.9. The molecule has 6 rings (SSSR count). The average Bonchev–Trinajstić information content (AvgIpc) is 3.44. The lowest BCUT2D eigenvalue weighted by Crippen LogP contribution is -2.54. The molecule has 3 aliphatic heterocycles. The minimum absolute atomic E-state index is 0.0416. The summed E-state index contributed by atoms with van der Waals surface area (Å²) in [5, 5.41) is 5.38. The molecule has 0 bridgehead atoms. The Hall–Kier alpha value is -4.80. The molecule has 4 aliphatic rings. The van der Waals surface area contributed by atoms with Crippen LogP contribution in [0.1, 0.15) is 57.9 Å². The highest BCUT2D eigenvalue weighted by atomic mass is 16.6. The van der Waals surface area contributed by atoms with E-state index in [0.29, 0.717) is 52.4 Å². The highest BCUT2D eigenvalue weighted by molar-refractivity contribution is 6.24. The number of amides is 4. The molecule has 1 saturated carbocycles. The molecule has 0 spiro atoms. The number of imide groups is 2. The van der Waals surface area contributed by atoms with Crippen molar-refractivity contribution in [3.63, 3.8) is 0 Å². The smallest absolute Gasteiger partial charge is 0.266 e. The van der Waals surface area contributed by atoms with Gasteiger partial charge in [0.15, 0.2) is 11.6 Å². The summed E-state index contributed by atoms with van der Waals surface area (Å²) in [5.41, 5.74) is 1.59. The zero-order valence-corrected chi connectivity index (χ0v) is 31.0. The predicted octanol–water partition coefficient (Wildman–Crippen LogP) is 1.32. The molecule has 3 heterocycles. The molecular formula is C40H49N5O10. The Kier molecular flexibility index (Phi) is 14.3. The van der Waals surface area contributed by atoms with Crippen LogP contribution < -0.4 is 15.4 Å². The highest BCUT2D eigenvalue weighted by Crippen LogP contribution is 2.34. The number of fused-ring (bicyclic) bond motifs is 1. The van der Waals surface area contributed by atoms with Crippen LogP contribution >= 0.6 is 0 Å². The molecule has 4 amide bonds. The molecule has 2 aromatic carbocycles. The number of ether oxygens (including phenoxy) is 4. The van der Waals surface area contributed by atoms with E-state index in [4.69, 9.17) is 18.9 Å². The number of hydrogen-bond acceptors (Lipinski definition) is 13. The van der Waals surface area contributed by atoms with E-state index in [1.165, 1.54) is 6.07 Å². The van der Waals surface area contributed by atoms with Crippen LogP contribution in [-0.4, -0.2) is 148 Å². The number of carbonyl (C=O) groups is 6. The molecule has 3 fully saturated rings. The maximum Gasteiger partial charge on any atom is 0.266 e.